The van der Waals surface area contributed by atoms with Crippen molar-refractivity contribution in [2.24, 2.45) is 5.16 Å². The average molecular weight is 337 g/mol. The first-order chi connectivity index (χ1) is 12.0. The molecule has 2 aromatic carbocycles. The third-order valence-corrected chi connectivity index (χ3v) is 3.92. The molecule has 2 aromatic rings. The van der Waals surface area contributed by atoms with Gasteiger partial charge in [-0.25, -0.2) is 9.18 Å². The normalized spacial score (nSPS) is 19.3. The lowest BCUT2D eigenvalue weighted by molar-refractivity contribution is -0.140. The number of rotatable bonds is 1. The Bertz CT molecular complexity index is 995. The van der Waals surface area contributed by atoms with Gasteiger partial charge in [-0.1, -0.05) is 23.4 Å². The van der Waals surface area contributed by atoms with Gasteiger partial charge in [0.15, 0.2) is 0 Å². The fourth-order valence-electron chi connectivity index (χ4n) is 2.91. The molecule has 0 bridgehead atoms. The highest BCUT2D eigenvalue weighted by Gasteiger charge is 2.34. The molecule has 1 amide bonds. The summed E-state index contributed by atoms with van der Waals surface area (Å²) in [6, 6.07) is 11.3. The molecule has 4 rings (SSSR count). The lowest BCUT2D eigenvalue weighted by atomic mass is 10.0. The van der Waals surface area contributed by atoms with E-state index in [4.69, 9.17) is 4.84 Å². The molecule has 0 fully saturated rings. The van der Waals surface area contributed by atoms with Crippen molar-refractivity contribution in [3.05, 3.63) is 65.1 Å². The van der Waals surface area contributed by atoms with Gasteiger partial charge in [-0.2, -0.15) is 0 Å². The molecular formula is C18H12FN3O3. The van der Waals surface area contributed by atoms with E-state index >= 15 is 0 Å². The van der Waals surface area contributed by atoms with E-state index in [1.807, 2.05) is 18.2 Å². The number of hydrogen-bond acceptors (Lipinski definition) is 5. The van der Waals surface area contributed by atoms with E-state index in [2.05, 4.69) is 15.8 Å². The Morgan fingerprint density at radius 1 is 1.08 bits per heavy atom. The van der Waals surface area contributed by atoms with Gasteiger partial charge < -0.3 is 15.5 Å². The predicted octanol–water partition coefficient (Wildman–Crippen LogP) is 2.88. The van der Waals surface area contributed by atoms with Crippen LogP contribution < -0.4 is 10.6 Å². The van der Waals surface area contributed by atoms with Crippen LogP contribution in [0.4, 0.5) is 15.8 Å². The number of fused-ring (bicyclic) bond motifs is 2. The zero-order valence-corrected chi connectivity index (χ0v) is 13.1. The van der Waals surface area contributed by atoms with Gasteiger partial charge in [-0.3, -0.25) is 4.79 Å². The fourth-order valence-corrected chi connectivity index (χ4v) is 2.91. The number of nitrogens with one attached hydrogen (secondary N) is 2. The fraction of sp³-hybridized carbons (Fsp3) is 0.0556. The summed E-state index contributed by atoms with van der Waals surface area (Å²) in [7, 11) is 0. The van der Waals surface area contributed by atoms with Crippen LogP contribution in [0.1, 0.15) is 18.1 Å². The van der Waals surface area contributed by atoms with Gasteiger partial charge in [-0.05, 0) is 24.3 Å². The first kappa shape index (κ1) is 15.1. The van der Waals surface area contributed by atoms with Crippen molar-refractivity contribution in [1.29, 1.82) is 0 Å². The number of benzene rings is 2. The van der Waals surface area contributed by atoms with Crippen LogP contribution in [0.25, 0.3) is 5.57 Å². The van der Waals surface area contributed by atoms with Crippen LogP contribution in [0.5, 0.6) is 0 Å². The summed E-state index contributed by atoms with van der Waals surface area (Å²) in [4.78, 5) is 28.4. The van der Waals surface area contributed by atoms with Gasteiger partial charge in [0.1, 0.15) is 11.5 Å². The van der Waals surface area contributed by atoms with Crippen LogP contribution >= 0.6 is 0 Å². The predicted molar refractivity (Wildman–Crippen MR) is 90.3 cm³/mol. The molecule has 0 radical (unpaired) electrons. The van der Waals surface area contributed by atoms with Crippen LogP contribution in [0.2, 0.25) is 0 Å². The Hall–Kier alpha value is -3.48. The second-order valence-corrected chi connectivity index (χ2v) is 5.59. The average Bonchev–Trinajstić information content (AvgIpc) is 3.08. The molecule has 0 unspecified atom stereocenters. The zero-order valence-electron chi connectivity index (χ0n) is 13.1. The molecule has 2 aliphatic rings. The van der Waals surface area contributed by atoms with Crippen molar-refractivity contribution in [1.82, 2.24) is 0 Å². The number of para-hydroxylation sites is 1. The summed E-state index contributed by atoms with van der Waals surface area (Å²) in [5.41, 5.74) is 3.44. The van der Waals surface area contributed by atoms with E-state index in [1.165, 1.54) is 25.1 Å². The lowest BCUT2D eigenvalue weighted by Gasteiger charge is -2.06. The topological polar surface area (TPSA) is 79.8 Å². The summed E-state index contributed by atoms with van der Waals surface area (Å²) in [6.07, 6.45) is 0. The zero-order chi connectivity index (χ0) is 17.6. The van der Waals surface area contributed by atoms with Gasteiger partial charge >= 0.3 is 5.97 Å². The quantitative estimate of drug-likeness (QED) is 0.476. The third-order valence-electron chi connectivity index (χ3n) is 3.92. The van der Waals surface area contributed by atoms with Crippen LogP contribution in [0.15, 0.2) is 53.3 Å². The number of anilines is 2. The minimum atomic E-state index is -0.570. The largest absolute Gasteiger partial charge is 0.352 e. The molecule has 0 atom stereocenters. The number of carbonyl (C=O) groups is 2. The molecule has 0 aliphatic carbocycles. The number of nitrogens with zero attached hydrogens (tertiary/aromatic N) is 1. The molecule has 25 heavy (non-hydrogen) atoms. The monoisotopic (exact) mass is 337 g/mol. The van der Waals surface area contributed by atoms with Crippen LogP contribution in [0.3, 0.4) is 0 Å². The molecule has 2 N–H and O–H groups in total. The summed E-state index contributed by atoms with van der Waals surface area (Å²) >= 11 is 0. The van der Waals surface area contributed by atoms with E-state index in [-0.39, 0.29) is 5.91 Å². The summed E-state index contributed by atoms with van der Waals surface area (Å²) in [6.45, 7) is 1.24. The van der Waals surface area contributed by atoms with Crippen molar-refractivity contribution < 1.29 is 18.8 Å². The molecular weight excluding hydrogens is 325 g/mol. The maximum atomic E-state index is 13.4. The highest BCUT2D eigenvalue weighted by molar-refractivity contribution is 6.39. The first-order valence-electron chi connectivity index (χ1n) is 7.52. The lowest BCUT2D eigenvalue weighted by Crippen LogP contribution is -2.13. The van der Waals surface area contributed by atoms with E-state index in [9.17, 15) is 14.0 Å². The van der Waals surface area contributed by atoms with Gasteiger partial charge in [0.2, 0.25) is 0 Å². The molecule has 2 heterocycles. The number of hydrogen-bond donors (Lipinski definition) is 2. The summed E-state index contributed by atoms with van der Waals surface area (Å²) < 4.78 is 13.4. The Labute approximate surface area is 142 Å². The van der Waals surface area contributed by atoms with E-state index in [0.717, 1.165) is 5.69 Å². The number of oxime groups is 1. The minimum Gasteiger partial charge on any atom is -0.352 e. The number of allylic oxidation sites excluding steroid dienone is 1. The van der Waals surface area contributed by atoms with Gasteiger partial charge in [0.25, 0.3) is 5.91 Å². The summed E-state index contributed by atoms with van der Waals surface area (Å²) in [5.74, 6) is -1.40. The molecule has 7 heteroatoms. The SMILES string of the molecule is CC(=O)O/N=C1\C(=C2\C(=O)Nc3cc(F)ccc32)Nc2ccccc21. The number of amides is 1. The molecule has 6 nitrogen and oxygen atoms in total. The maximum absolute atomic E-state index is 13.4. The van der Waals surface area contributed by atoms with Crippen molar-refractivity contribution in [3.63, 3.8) is 0 Å². The molecule has 0 saturated heterocycles. The van der Waals surface area contributed by atoms with Crippen LogP contribution in [-0.4, -0.2) is 17.6 Å². The highest BCUT2D eigenvalue weighted by atomic mass is 19.1. The Morgan fingerprint density at radius 3 is 2.68 bits per heavy atom. The molecule has 0 spiro atoms. The summed E-state index contributed by atoms with van der Waals surface area (Å²) in [5, 5.41) is 9.68. The molecule has 0 aromatic heterocycles. The second-order valence-electron chi connectivity index (χ2n) is 5.59. The van der Waals surface area contributed by atoms with Crippen molar-refractivity contribution in [2.45, 2.75) is 6.92 Å². The Kier molecular flexibility index (Phi) is 3.35. The third kappa shape index (κ3) is 2.46. The maximum Gasteiger partial charge on any atom is 0.332 e. The second kappa shape index (κ2) is 5.55. The Morgan fingerprint density at radius 2 is 1.88 bits per heavy atom. The first-order valence-corrected chi connectivity index (χ1v) is 7.52. The van der Waals surface area contributed by atoms with Gasteiger partial charge in [0, 0.05) is 23.7 Å². The van der Waals surface area contributed by atoms with Crippen molar-refractivity contribution in [3.8, 4) is 0 Å². The van der Waals surface area contributed by atoms with E-state index < -0.39 is 11.8 Å². The van der Waals surface area contributed by atoms with E-state index in [1.54, 1.807) is 6.07 Å². The highest BCUT2D eigenvalue weighted by Crippen LogP contribution is 2.39. The van der Waals surface area contributed by atoms with Gasteiger partial charge in [-0.15, -0.1) is 0 Å². The number of halogens is 1. The van der Waals surface area contributed by atoms with Gasteiger partial charge in [0.05, 0.1) is 17.0 Å². The molecule has 0 saturated carbocycles. The standard InChI is InChI=1S/C18H12FN3O3/c1-9(23)25-22-16-12-4-2-3-5-13(12)20-17(16)15-11-7-6-10(19)8-14(11)21-18(15)24/h2-8,20H,1H3,(H,21,24)/b17-15-,22-16-. The van der Waals surface area contributed by atoms with Crippen LogP contribution in [0, 0.1) is 5.82 Å². The molecule has 124 valence electrons. The van der Waals surface area contributed by atoms with Crippen molar-refractivity contribution >= 4 is 34.5 Å². The Balaban J connectivity index is 1.92. The van der Waals surface area contributed by atoms with Crippen LogP contribution in [-0.2, 0) is 14.4 Å². The molecule has 2 aliphatic heterocycles. The van der Waals surface area contributed by atoms with Crippen molar-refractivity contribution in [2.75, 3.05) is 10.6 Å². The smallest absolute Gasteiger partial charge is 0.332 e. The van der Waals surface area contributed by atoms with E-state index in [0.29, 0.717) is 33.8 Å². The minimum absolute atomic E-state index is 0.317. The number of carbonyl (C=O) groups excluding carboxylic acids is 2.